The predicted molar refractivity (Wildman–Crippen MR) is 125 cm³/mol. The van der Waals surface area contributed by atoms with Crippen molar-refractivity contribution in [1.29, 1.82) is 0 Å². The van der Waals surface area contributed by atoms with E-state index in [0.717, 1.165) is 35.7 Å². The molecule has 1 fully saturated rings. The summed E-state index contributed by atoms with van der Waals surface area (Å²) >= 11 is 0. The van der Waals surface area contributed by atoms with Crippen molar-refractivity contribution < 1.29 is 9.90 Å². The number of amides is 1. The molecule has 1 aliphatic rings. The molecule has 0 atom stereocenters. The molecule has 0 aliphatic heterocycles. The number of aromatic amines is 1. The minimum Gasteiger partial charge on any atom is -0.378 e. The van der Waals surface area contributed by atoms with Crippen LogP contribution in [-0.4, -0.2) is 41.3 Å². The van der Waals surface area contributed by atoms with E-state index in [4.69, 9.17) is 5.73 Å². The lowest BCUT2D eigenvalue weighted by Crippen LogP contribution is -2.29. The second kappa shape index (κ2) is 8.41. The van der Waals surface area contributed by atoms with Crippen LogP contribution in [0.4, 0.5) is 11.8 Å². The molecule has 0 unspecified atom stereocenters. The van der Waals surface area contributed by atoms with Crippen LogP contribution in [0.15, 0.2) is 48.9 Å². The number of nitrogens with zero attached hydrogens (tertiary/aromatic N) is 4. The number of hydrogen-bond donors (Lipinski definition) is 4. The molecular formula is C24H23N7O2. The van der Waals surface area contributed by atoms with Crippen LogP contribution < -0.4 is 11.1 Å². The zero-order valence-electron chi connectivity index (χ0n) is 17.9. The highest BCUT2D eigenvalue weighted by atomic mass is 16.3. The van der Waals surface area contributed by atoms with Gasteiger partial charge in [0, 0.05) is 29.4 Å². The van der Waals surface area contributed by atoms with Crippen molar-refractivity contribution in [3.05, 3.63) is 60.0 Å². The molecule has 1 saturated carbocycles. The second-order valence-corrected chi connectivity index (χ2v) is 8.18. The zero-order valence-corrected chi connectivity index (χ0v) is 17.9. The maximum Gasteiger partial charge on any atom is 0.258 e. The number of benzene rings is 1. The number of carbonyl (C=O) groups excluding carboxylic acids is 1. The largest absolute Gasteiger partial charge is 0.378 e. The first-order valence-electron chi connectivity index (χ1n) is 10.8. The molecule has 5 N–H and O–H groups in total. The Morgan fingerprint density at radius 3 is 2.79 bits per heavy atom. The van der Waals surface area contributed by atoms with E-state index < -0.39 is 5.60 Å². The van der Waals surface area contributed by atoms with Crippen LogP contribution in [0.1, 0.15) is 48.0 Å². The lowest BCUT2D eigenvalue weighted by Gasteiger charge is -2.26. The first kappa shape index (κ1) is 20.7. The Hall–Kier alpha value is -4.16. The molecule has 0 radical (unpaired) electrons. The Kier molecular flexibility index (Phi) is 5.28. The van der Waals surface area contributed by atoms with Gasteiger partial charge in [0.15, 0.2) is 0 Å². The number of H-pyrrole nitrogens is 1. The highest BCUT2D eigenvalue weighted by Gasteiger charge is 2.26. The van der Waals surface area contributed by atoms with Crippen LogP contribution in [-0.2, 0) is 0 Å². The van der Waals surface area contributed by atoms with Crippen LogP contribution in [0.3, 0.4) is 0 Å². The third-order valence-corrected chi connectivity index (χ3v) is 5.83. The summed E-state index contributed by atoms with van der Waals surface area (Å²) in [7, 11) is 0. The van der Waals surface area contributed by atoms with Gasteiger partial charge in [0.05, 0.1) is 17.3 Å². The number of rotatable bonds is 3. The Labute approximate surface area is 190 Å². The highest BCUT2D eigenvalue weighted by Crippen LogP contribution is 2.29. The van der Waals surface area contributed by atoms with Gasteiger partial charge in [-0.2, -0.15) is 10.1 Å². The van der Waals surface area contributed by atoms with Gasteiger partial charge in [-0.3, -0.25) is 9.89 Å². The maximum atomic E-state index is 13.0. The molecule has 9 nitrogen and oxygen atoms in total. The summed E-state index contributed by atoms with van der Waals surface area (Å²) in [5.74, 6) is 7.06. The van der Waals surface area contributed by atoms with E-state index in [2.05, 4.69) is 37.3 Å². The minimum absolute atomic E-state index is 0.133. The molecule has 9 heteroatoms. The maximum absolute atomic E-state index is 13.0. The van der Waals surface area contributed by atoms with Gasteiger partial charge in [-0.15, -0.1) is 0 Å². The number of hydrogen-bond acceptors (Lipinski definition) is 6. The number of nitrogen functional groups attached to an aromatic ring is 1. The average Bonchev–Trinajstić information content (AvgIpc) is 3.46. The van der Waals surface area contributed by atoms with Gasteiger partial charge in [-0.1, -0.05) is 24.3 Å². The highest BCUT2D eigenvalue weighted by molar-refractivity contribution is 6.13. The van der Waals surface area contributed by atoms with Crippen molar-refractivity contribution in [2.24, 2.45) is 0 Å². The van der Waals surface area contributed by atoms with Gasteiger partial charge >= 0.3 is 0 Å². The number of aliphatic hydroxyl groups is 1. The van der Waals surface area contributed by atoms with E-state index >= 15 is 0 Å². The molecule has 1 amide bonds. The van der Waals surface area contributed by atoms with Crippen molar-refractivity contribution in [2.45, 2.75) is 37.7 Å². The van der Waals surface area contributed by atoms with E-state index in [1.54, 1.807) is 35.3 Å². The van der Waals surface area contributed by atoms with E-state index in [1.807, 2.05) is 18.2 Å². The Balaban J connectivity index is 1.59. The molecule has 3 heterocycles. The number of anilines is 2. The Bertz CT molecular complexity index is 1370. The van der Waals surface area contributed by atoms with Crippen LogP contribution in [0, 0.1) is 11.8 Å². The molecule has 0 saturated heterocycles. The van der Waals surface area contributed by atoms with Gasteiger partial charge in [0.1, 0.15) is 17.2 Å². The van der Waals surface area contributed by atoms with Gasteiger partial charge < -0.3 is 20.7 Å². The summed E-state index contributed by atoms with van der Waals surface area (Å²) in [5, 5.41) is 20.9. The van der Waals surface area contributed by atoms with E-state index in [9.17, 15) is 9.90 Å². The molecule has 1 aliphatic carbocycles. The summed E-state index contributed by atoms with van der Waals surface area (Å²) in [6.45, 7) is 0. The Morgan fingerprint density at radius 1 is 1.18 bits per heavy atom. The standard InChI is InChI=1S/C24H23N7O2/c25-23-26-12-8-21(29-23)31-15-18(22(32)28-20-7-13-27-30-20)17-5-4-16(14-19(17)31)6-11-24(33)9-2-1-3-10-24/h4-5,7-8,12-15,33H,1-3,9-10H2,(H2,25,26,29)(H2,27,28,30,32). The van der Waals surface area contributed by atoms with Gasteiger partial charge in [-0.05, 0) is 43.9 Å². The average molecular weight is 441 g/mol. The normalized spacial score (nSPS) is 15.1. The molecule has 166 valence electrons. The summed E-state index contributed by atoms with van der Waals surface area (Å²) in [5.41, 5.74) is 6.80. The molecule has 1 aromatic carbocycles. The summed E-state index contributed by atoms with van der Waals surface area (Å²) in [6, 6.07) is 8.99. The van der Waals surface area contributed by atoms with E-state index in [0.29, 0.717) is 30.0 Å². The van der Waals surface area contributed by atoms with Gasteiger partial charge in [-0.25, -0.2) is 4.98 Å². The number of nitrogens with two attached hydrogens (primary N) is 1. The number of carbonyl (C=O) groups is 1. The van der Waals surface area contributed by atoms with Crippen molar-refractivity contribution in [2.75, 3.05) is 11.1 Å². The summed E-state index contributed by atoms with van der Waals surface area (Å²) < 4.78 is 1.79. The fraction of sp³-hybridized carbons (Fsp3) is 0.250. The monoisotopic (exact) mass is 441 g/mol. The third-order valence-electron chi connectivity index (χ3n) is 5.83. The van der Waals surface area contributed by atoms with Crippen molar-refractivity contribution in [3.63, 3.8) is 0 Å². The van der Waals surface area contributed by atoms with E-state index in [1.165, 1.54) is 0 Å². The molecule has 3 aromatic heterocycles. The minimum atomic E-state index is -0.939. The zero-order chi connectivity index (χ0) is 22.8. The SMILES string of the molecule is Nc1nccc(-n2cc(C(=O)Nc3ccn[nH]3)c3ccc(C#CC4(O)CCCCC4)cc32)n1. The molecule has 0 spiro atoms. The number of nitrogens with one attached hydrogen (secondary N) is 2. The van der Waals surface area contributed by atoms with E-state index in [-0.39, 0.29) is 11.9 Å². The molecular weight excluding hydrogens is 418 g/mol. The van der Waals surface area contributed by atoms with Crippen LogP contribution in [0.25, 0.3) is 16.7 Å². The molecule has 33 heavy (non-hydrogen) atoms. The van der Waals surface area contributed by atoms with Crippen LogP contribution in [0.2, 0.25) is 0 Å². The fourth-order valence-electron chi connectivity index (χ4n) is 4.14. The first-order valence-corrected chi connectivity index (χ1v) is 10.8. The number of aromatic nitrogens is 5. The summed E-state index contributed by atoms with van der Waals surface area (Å²) in [6.07, 6.45) is 9.32. The molecule has 4 aromatic rings. The molecule has 0 bridgehead atoms. The topological polar surface area (TPSA) is 135 Å². The molecule has 5 rings (SSSR count). The van der Waals surface area contributed by atoms with Gasteiger partial charge in [0.2, 0.25) is 5.95 Å². The first-order chi connectivity index (χ1) is 16.0. The number of fused-ring (bicyclic) bond motifs is 1. The van der Waals surface area contributed by atoms with Crippen molar-refractivity contribution in [1.82, 2.24) is 24.7 Å². The van der Waals surface area contributed by atoms with Crippen LogP contribution in [0.5, 0.6) is 0 Å². The predicted octanol–water partition coefficient (Wildman–Crippen LogP) is 3.02. The lowest BCUT2D eigenvalue weighted by atomic mass is 9.85. The fourth-order valence-corrected chi connectivity index (χ4v) is 4.14. The lowest BCUT2D eigenvalue weighted by molar-refractivity contribution is 0.0610. The van der Waals surface area contributed by atoms with Crippen molar-refractivity contribution in [3.8, 4) is 17.7 Å². The second-order valence-electron chi connectivity index (χ2n) is 8.18. The van der Waals surface area contributed by atoms with Gasteiger partial charge in [0.25, 0.3) is 5.91 Å². The Morgan fingerprint density at radius 2 is 2.03 bits per heavy atom. The summed E-state index contributed by atoms with van der Waals surface area (Å²) in [4.78, 5) is 21.3. The quantitative estimate of drug-likeness (QED) is 0.361. The van der Waals surface area contributed by atoms with Crippen molar-refractivity contribution >= 4 is 28.6 Å². The third kappa shape index (κ3) is 4.29. The van der Waals surface area contributed by atoms with Crippen LogP contribution >= 0.6 is 0 Å². The smallest absolute Gasteiger partial charge is 0.258 e.